The van der Waals surface area contributed by atoms with Crippen molar-refractivity contribution in [3.8, 4) is 5.75 Å². The maximum atomic E-state index is 14.2. The van der Waals surface area contributed by atoms with E-state index in [1.54, 1.807) is 13.8 Å². The van der Waals surface area contributed by atoms with Gasteiger partial charge in [-0.25, -0.2) is 0 Å². The van der Waals surface area contributed by atoms with E-state index in [0.29, 0.717) is 5.56 Å². The quantitative estimate of drug-likeness (QED) is 0.0200. The van der Waals surface area contributed by atoms with Crippen molar-refractivity contribution in [1.29, 1.82) is 0 Å². The zero-order chi connectivity index (χ0) is 53.6. The predicted octanol–water partition coefficient (Wildman–Crippen LogP) is -3.71. The van der Waals surface area contributed by atoms with Crippen LogP contribution in [0.2, 0.25) is 0 Å². The molecule has 70 heavy (non-hydrogen) atoms. The minimum atomic E-state index is -1.81. The van der Waals surface area contributed by atoms with Gasteiger partial charge in [0.2, 0.25) is 47.3 Å². The molecule has 1 rings (SSSR count). The van der Waals surface area contributed by atoms with Crippen molar-refractivity contribution in [3.05, 3.63) is 29.8 Å². The molecule has 0 aromatic heterocycles. The fourth-order valence-electron chi connectivity index (χ4n) is 6.41. The first kappa shape index (κ1) is 60.9. The van der Waals surface area contributed by atoms with Gasteiger partial charge in [0.1, 0.15) is 54.1 Å². The number of nitrogens with zero attached hydrogens (tertiary/aromatic N) is 1. The number of guanidine groups is 1. The van der Waals surface area contributed by atoms with Gasteiger partial charge in [-0.3, -0.25) is 52.9 Å². The molecule has 0 heterocycles. The Kier molecular flexibility index (Phi) is 25.9. The molecular formula is C44H72N12O14. The van der Waals surface area contributed by atoms with Gasteiger partial charge in [-0.15, -0.1) is 0 Å². The second kappa shape index (κ2) is 29.7. The fraction of sp³-hybridized carbons (Fsp3) is 0.614. The lowest BCUT2D eigenvalue weighted by molar-refractivity contribution is -0.142. The van der Waals surface area contributed by atoms with Crippen LogP contribution in [0, 0.1) is 11.8 Å². The van der Waals surface area contributed by atoms with Crippen LogP contribution in [0.5, 0.6) is 5.75 Å². The molecule has 0 bridgehead atoms. The summed E-state index contributed by atoms with van der Waals surface area (Å²) in [4.78, 5) is 135. The van der Waals surface area contributed by atoms with E-state index in [1.165, 1.54) is 58.9 Å². The number of phenolic OH excluding ortho intramolecular Hbond substituents is 1. The monoisotopic (exact) mass is 993 g/mol. The lowest BCUT2D eigenvalue weighted by Gasteiger charge is -2.30. The SMILES string of the molecule is CC(C)C[C@H](NC(=O)[C@H](CCC(=O)O)NC(=O)[C@@H](NC(=O)[C@@H](NC(=O)[C@H](Cc1ccc(O)cc1)NC(=O)[C@H](CCCN=C(N)N)NC(=O)[C@H](C)NC(=O)[C@H](C)N)[C@@H](C)O)C(C)C)C(=O)N[C@@H](C)C(=O)O. The van der Waals surface area contributed by atoms with E-state index in [-0.39, 0.29) is 49.9 Å². The summed E-state index contributed by atoms with van der Waals surface area (Å²) < 4.78 is 0. The third kappa shape index (κ3) is 22.3. The molecule has 8 amide bonds. The number of aromatic hydroxyl groups is 1. The number of carboxylic acids is 2. The lowest BCUT2D eigenvalue weighted by Crippen LogP contribution is -2.62. The van der Waals surface area contributed by atoms with Crippen LogP contribution in [0.25, 0.3) is 0 Å². The molecule has 0 aliphatic carbocycles. The minimum Gasteiger partial charge on any atom is -0.508 e. The summed E-state index contributed by atoms with van der Waals surface area (Å²) in [5.41, 5.74) is 16.9. The number of aliphatic hydroxyl groups excluding tert-OH is 1. The Morgan fingerprint density at radius 2 is 1.04 bits per heavy atom. The number of hydrogen-bond acceptors (Lipinski definition) is 14. The number of benzene rings is 1. The van der Waals surface area contributed by atoms with Gasteiger partial charge in [-0.05, 0) is 82.9 Å². The Bertz CT molecular complexity index is 2010. The van der Waals surface area contributed by atoms with E-state index in [1.807, 2.05) is 0 Å². The van der Waals surface area contributed by atoms with Crippen LogP contribution < -0.4 is 59.7 Å². The Balaban J connectivity index is 3.52. The van der Waals surface area contributed by atoms with Crippen LogP contribution in [-0.2, 0) is 54.4 Å². The molecule has 26 heteroatoms. The number of nitrogens with two attached hydrogens (primary N) is 3. The number of carboxylic acid groups (broad SMARTS) is 2. The number of amides is 8. The van der Waals surface area contributed by atoms with Gasteiger partial charge in [0.05, 0.1) is 12.1 Å². The molecule has 0 fully saturated rings. The molecule has 1 aromatic rings. The first-order valence-corrected chi connectivity index (χ1v) is 22.7. The summed E-state index contributed by atoms with van der Waals surface area (Å²) >= 11 is 0. The fourth-order valence-corrected chi connectivity index (χ4v) is 6.41. The Labute approximate surface area is 405 Å². The highest BCUT2D eigenvalue weighted by atomic mass is 16.4. The number of aliphatic carboxylic acids is 2. The molecule has 0 saturated heterocycles. The second-order valence-corrected chi connectivity index (χ2v) is 17.7. The summed E-state index contributed by atoms with van der Waals surface area (Å²) in [6.45, 7) is 11.7. The van der Waals surface area contributed by atoms with Crippen LogP contribution in [-0.4, -0.2) is 153 Å². The van der Waals surface area contributed by atoms with Gasteiger partial charge >= 0.3 is 11.9 Å². The van der Waals surface area contributed by atoms with E-state index < -0.39 is 138 Å². The van der Waals surface area contributed by atoms with Crippen molar-refractivity contribution < 1.29 is 68.4 Å². The number of nitrogens with one attached hydrogen (secondary N) is 8. The molecule has 392 valence electrons. The average molecular weight is 993 g/mol. The lowest BCUT2D eigenvalue weighted by atomic mass is 9.99. The Morgan fingerprint density at radius 1 is 0.571 bits per heavy atom. The first-order chi connectivity index (χ1) is 32.5. The molecular weight excluding hydrogens is 921 g/mol. The molecule has 0 aliphatic rings. The molecule has 26 nitrogen and oxygen atoms in total. The first-order valence-electron chi connectivity index (χ1n) is 22.7. The van der Waals surface area contributed by atoms with Crippen LogP contribution in [0.15, 0.2) is 29.3 Å². The molecule has 18 N–H and O–H groups in total. The summed E-state index contributed by atoms with van der Waals surface area (Å²) in [6, 6.07) is -6.96. The third-order valence-electron chi connectivity index (χ3n) is 10.4. The number of carbonyl (C=O) groups excluding carboxylic acids is 8. The van der Waals surface area contributed by atoms with Crippen LogP contribution in [0.4, 0.5) is 0 Å². The van der Waals surface area contributed by atoms with Crippen LogP contribution >= 0.6 is 0 Å². The van der Waals surface area contributed by atoms with Crippen molar-refractivity contribution in [2.75, 3.05) is 6.54 Å². The maximum absolute atomic E-state index is 14.2. The summed E-state index contributed by atoms with van der Waals surface area (Å²) in [7, 11) is 0. The largest absolute Gasteiger partial charge is 0.508 e. The highest BCUT2D eigenvalue weighted by Crippen LogP contribution is 2.14. The molecule has 0 radical (unpaired) electrons. The van der Waals surface area contributed by atoms with Crippen molar-refractivity contribution in [2.45, 2.75) is 154 Å². The van der Waals surface area contributed by atoms with E-state index in [2.05, 4.69) is 47.5 Å². The highest BCUT2D eigenvalue weighted by Gasteiger charge is 2.37. The zero-order valence-corrected chi connectivity index (χ0v) is 40.7. The van der Waals surface area contributed by atoms with Gasteiger partial charge in [-0.2, -0.15) is 0 Å². The molecule has 1 aromatic carbocycles. The van der Waals surface area contributed by atoms with E-state index in [9.17, 15) is 68.4 Å². The van der Waals surface area contributed by atoms with Gasteiger partial charge in [0.15, 0.2) is 5.96 Å². The van der Waals surface area contributed by atoms with Gasteiger partial charge in [0.25, 0.3) is 0 Å². The molecule has 0 aliphatic heterocycles. The van der Waals surface area contributed by atoms with E-state index >= 15 is 0 Å². The number of carbonyl (C=O) groups is 10. The number of aliphatic imine (C=N–C) groups is 1. The third-order valence-corrected chi connectivity index (χ3v) is 10.4. The molecule has 0 spiro atoms. The molecule has 10 atom stereocenters. The molecule has 0 unspecified atom stereocenters. The van der Waals surface area contributed by atoms with Gasteiger partial charge < -0.3 is 80.2 Å². The minimum absolute atomic E-state index is 0.0349. The van der Waals surface area contributed by atoms with Gasteiger partial charge in [0, 0.05) is 19.4 Å². The van der Waals surface area contributed by atoms with Crippen molar-refractivity contribution in [2.24, 2.45) is 34.0 Å². The zero-order valence-electron chi connectivity index (χ0n) is 40.7. The summed E-state index contributed by atoms with van der Waals surface area (Å²) in [5.74, 6) is -11.2. The standard InChI is InChI=1S/C44H72N12O14/c1-20(2)18-30(39(65)50-24(7)43(69)70)53-38(64)29(15-16-32(59)60)52-41(67)33(21(3)4)55-42(68)34(25(8)57)56-40(66)31(19-26-11-13-27(58)14-12-26)54-37(63)28(10-9-17-48-44(46)47)51-36(62)23(6)49-35(61)22(5)45/h11-14,20-25,28-31,33-34,57-58H,9-10,15-19,45H2,1-8H3,(H,49,61)(H,50,65)(H,51,62)(H,52,67)(H,53,64)(H,54,63)(H,55,68)(H,56,66)(H,59,60)(H,69,70)(H4,46,47,48)/t22-,23-,24-,25+,28-,29-,30-,31-,33-,34-/m0/s1. The number of hydrogen-bond donors (Lipinski definition) is 15. The van der Waals surface area contributed by atoms with Crippen molar-refractivity contribution >= 4 is 65.2 Å². The van der Waals surface area contributed by atoms with Crippen LogP contribution in [0.3, 0.4) is 0 Å². The smallest absolute Gasteiger partial charge is 0.325 e. The normalized spacial score (nSPS) is 15.4. The van der Waals surface area contributed by atoms with Crippen molar-refractivity contribution in [3.63, 3.8) is 0 Å². The highest BCUT2D eigenvalue weighted by molar-refractivity contribution is 5.98. The summed E-state index contributed by atoms with van der Waals surface area (Å²) in [5, 5.41) is 58.9. The van der Waals surface area contributed by atoms with Gasteiger partial charge in [-0.1, -0.05) is 39.8 Å². The summed E-state index contributed by atoms with van der Waals surface area (Å²) in [6.07, 6.45) is -2.91. The number of rotatable bonds is 30. The maximum Gasteiger partial charge on any atom is 0.325 e. The molecule has 0 saturated carbocycles. The van der Waals surface area contributed by atoms with E-state index in [0.717, 1.165) is 6.92 Å². The predicted molar refractivity (Wildman–Crippen MR) is 253 cm³/mol. The Morgan fingerprint density at radius 3 is 1.54 bits per heavy atom. The average Bonchev–Trinajstić information content (AvgIpc) is 3.26. The van der Waals surface area contributed by atoms with Crippen molar-refractivity contribution in [1.82, 2.24) is 42.5 Å². The number of phenols is 1. The number of aliphatic hydroxyl groups is 1. The topological polar surface area (TPSA) is 438 Å². The van der Waals surface area contributed by atoms with E-state index in [4.69, 9.17) is 17.2 Å². The Hall–Kier alpha value is -7.09. The van der Waals surface area contributed by atoms with Crippen LogP contribution in [0.1, 0.15) is 93.1 Å². The second-order valence-electron chi connectivity index (χ2n) is 17.7.